The van der Waals surface area contributed by atoms with Gasteiger partial charge in [0, 0.05) is 13.6 Å². The zero-order chi connectivity index (χ0) is 9.10. The number of fused-ring (bicyclic) bond motifs is 1. The number of nitrogens with zero attached hydrogens (tertiary/aromatic N) is 1. The van der Waals surface area contributed by atoms with Crippen LogP contribution >= 0.6 is 0 Å². The lowest BCUT2D eigenvalue weighted by Crippen LogP contribution is -2.00. The Morgan fingerprint density at radius 1 is 1.62 bits per heavy atom. The van der Waals surface area contributed by atoms with Crippen molar-refractivity contribution in [3.8, 4) is 5.88 Å². The molecule has 1 aromatic rings. The molecule has 0 unspecified atom stereocenters. The van der Waals surface area contributed by atoms with Crippen LogP contribution in [0.1, 0.15) is 6.42 Å². The molecule has 0 radical (unpaired) electrons. The standard InChI is InChI=1S/C9H13N3O/c1-10-7-5-8-9(12-6-7)13-4-2-3-11-8/h5-6,10-11H,2-4H2,1H3. The molecule has 2 rings (SSSR count). The third-order valence-corrected chi connectivity index (χ3v) is 2.02. The maximum atomic E-state index is 5.45. The van der Waals surface area contributed by atoms with Gasteiger partial charge in [-0.1, -0.05) is 0 Å². The number of ether oxygens (including phenoxy) is 1. The molecular formula is C9H13N3O. The molecule has 0 atom stereocenters. The molecule has 4 heteroatoms. The van der Waals surface area contributed by atoms with Crippen molar-refractivity contribution in [3.05, 3.63) is 12.3 Å². The van der Waals surface area contributed by atoms with Gasteiger partial charge >= 0.3 is 0 Å². The van der Waals surface area contributed by atoms with E-state index in [1.54, 1.807) is 6.20 Å². The SMILES string of the molecule is CNc1cnc2c(c1)NCCCO2. The van der Waals surface area contributed by atoms with Crippen molar-refractivity contribution < 1.29 is 4.74 Å². The van der Waals surface area contributed by atoms with Crippen molar-refractivity contribution in [2.75, 3.05) is 30.8 Å². The van der Waals surface area contributed by atoms with Crippen LogP contribution in [0, 0.1) is 0 Å². The lowest BCUT2D eigenvalue weighted by molar-refractivity contribution is 0.311. The predicted molar refractivity (Wildman–Crippen MR) is 52.4 cm³/mol. The van der Waals surface area contributed by atoms with Gasteiger partial charge in [-0.25, -0.2) is 4.98 Å². The summed E-state index contributed by atoms with van der Waals surface area (Å²) < 4.78 is 5.45. The monoisotopic (exact) mass is 179 g/mol. The van der Waals surface area contributed by atoms with Crippen molar-refractivity contribution in [2.45, 2.75) is 6.42 Å². The Bertz CT molecular complexity index is 301. The first kappa shape index (κ1) is 8.16. The van der Waals surface area contributed by atoms with Gasteiger partial charge < -0.3 is 15.4 Å². The third-order valence-electron chi connectivity index (χ3n) is 2.02. The van der Waals surface area contributed by atoms with Crippen LogP contribution in [0.4, 0.5) is 11.4 Å². The van der Waals surface area contributed by atoms with Gasteiger partial charge in [-0.05, 0) is 12.5 Å². The molecule has 0 bridgehead atoms. The molecule has 2 heterocycles. The smallest absolute Gasteiger partial charge is 0.237 e. The summed E-state index contributed by atoms with van der Waals surface area (Å²) in [5.74, 6) is 0.705. The fourth-order valence-electron chi connectivity index (χ4n) is 1.29. The van der Waals surface area contributed by atoms with E-state index in [0.717, 1.165) is 30.9 Å². The topological polar surface area (TPSA) is 46.2 Å². The van der Waals surface area contributed by atoms with Crippen molar-refractivity contribution >= 4 is 11.4 Å². The average Bonchev–Trinajstić information content (AvgIpc) is 2.41. The first-order valence-electron chi connectivity index (χ1n) is 4.44. The van der Waals surface area contributed by atoms with E-state index in [1.807, 2.05) is 13.1 Å². The van der Waals surface area contributed by atoms with Gasteiger partial charge in [0.25, 0.3) is 0 Å². The molecule has 0 aromatic carbocycles. The summed E-state index contributed by atoms with van der Waals surface area (Å²) >= 11 is 0. The van der Waals surface area contributed by atoms with E-state index in [2.05, 4.69) is 15.6 Å². The highest BCUT2D eigenvalue weighted by atomic mass is 16.5. The van der Waals surface area contributed by atoms with E-state index in [9.17, 15) is 0 Å². The van der Waals surface area contributed by atoms with Gasteiger partial charge in [0.2, 0.25) is 5.88 Å². The first-order valence-corrected chi connectivity index (χ1v) is 4.44. The molecule has 0 saturated carbocycles. The molecule has 1 aliphatic rings. The molecule has 70 valence electrons. The van der Waals surface area contributed by atoms with Crippen molar-refractivity contribution in [3.63, 3.8) is 0 Å². The summed E-state index contributed by atoms with van der Waals surface area (Å²) in [4.78, 5) is 4.20. The minimum atomic E-state index is 0.705. The maximum absolute atomic E-state index is 5.45. The van der Waals surface area contributed by atoms with Crippen LogP contribution in [0.15, 0.2) is 12.3 Å². The van der Waals surface area contributed by atoms with Gasteiger partial charge in [0.1, 0.15) is 0 Å². The van der Waals surface area contributed by atoms with Crippen molar-refractivity contribution in [2.24, 2.45) is 0 Å². The lowest BCUT2D eigenvalue weighted by atomic mass is 10.3. The molecule has 0 spiro atoms. The average molecular weight is 179 g/mol. The Labute approximate surface area is 77.3 Å². The normalized spacial score (nSPS) is 14.8. The minimum absolute atomic E-state index is 0.705. The Hall–Kier alpha value is -1.45. The van der Waals surface area contributed by atoms with Crippen LogP contribution < -0.4 is 15.4 Å². The van der Waals surface area contributed by atoms with Crippen LogP contribution in [0.25, 0.3) is 0 Å². The molecule has 2 N–H and O–H groups in total. The van der Waals surface area contributed by atoms with Crippen molar-refractivity contribution in [1.82, 2.24) is 4.98 Å². The second kappa shape index (κ2) is 3.51. The summed E-state index contributed by atoms with van der Waals surface area (Å²) in [7, 11) is 1.88. The van der Waals surface area contributed by atoms with Gasteiger partial charge in [0.15, 0.2) is 0 Å². The quantitative estimate of drug-likeness (QED) is 0.682. The molecule has 0 fully saturated rings. The van der Waals surface area contributed by atoms with Crippen molar-refractivity contribution in [1.29, 1.82) is 0 Å². The number of pyridine rings is 1. The van der Waals surface area contributed by atoms with Gasteiger partial charge in [-0.3, -0.25) is 0 Å². The predicted octanol–water partition coefficient (Wildman–Crippen LogP) is 1.32. The summed E-state index contributed by atoms with van der Waals surface area (Å²) in [6.45, 7) is 1.69. The molecule has 13 heavy (non-hydrogen) atoms. The number of rotatable bonds is 1. The summed E-state index contributed by atoms with van der Waals surface area (Å²) in [6, 6.07) is 2.01. The van der Waals surface area contributed by atoms with Gasteiger partial charge in [-0.2, -0.15) is 0 Å². The zero-order valence-corrected chi connectivity index (χ0v) is 7.63. The van der Waals surface area contributed by atoms with Gasteiger partial charge in [-0.15, -0.1) is 0 Å². The van der Waals surface area contributed by atoms with E-state index >= 15 is 0 Å². The molecule has 1 aliphatic heterocycles. The molecule has 0 saturated heterocycles. The van der Waals surface area contributed by atoms with E-state index in [4.69, 9.17) is 4.74 Å². The highest BCUT2D eigenvalue weighted by molar-refractivity contribution is 5.61. The van der Waals surface area contributed by atoms with Crippen LogP contribution in [-0.2, 0) is 0 Å². The van der Waals surface area contributed by atoms with E-state index < -0.39 is 0 Å². The number of anilines is 2. The molecule has 4 nitrogen and oxygen atoms in total. The fourth-order valence-corrected chi connectivity index (χ4v) is 1.29. The Morgan fingerprint density at radius 3 is 3.38 bits per heavy atom. The highest BCUT2D eigenvalue weighted by Gasteiger charge is 2.09. The maximum Gasteiger partial charge on any atom is 0.237 e. The minimum Gasteiger partial charge on any atom is -0.476 e. The number of nitrogens with one attached hydrogen (secondary N) is 2. The molecule has 1 aromatic heterocycles. The fraction of sp³-hybridized carbons (Fsp3) is 0.444. The lowest BCUT2D eigenvalue weighted by Gasteiger charge is -2.07. The van der Waals surface area contributed by atoms with Crippen LogP contribution in [0.3, 0.4) is 0 Å². The third kappa shape index (κ3) is 1.66. The molecule has 0 aliphatic carbocycles. The summed E-state index contributed by atoms with van der Waals surface area (Å²) in [5, 5.41) is 6.31. The van der Waals surface area contributed by atoms with E-state index in [-0.39, 0.29) is 0 Å². The van der Waals surface area contributed by atoms with E-state index in [0.29, 0.717) is 5.88 Å². The van der Waals surface area contributed by atoms with Gasteiger partial charge in [0.05, 0.1) is 24.2 Å². The second-order valence-electron chi connectivity index (χ2n) is 2.96. The van der Waals surface area contributed by atoms with Crippen LogP contribution in [0.5, 0.6) is 5.88 Å². The first-order chi connectivity index (χ1) is 6.40. The largest absolute Gasteiger partial charge is 0.476 e. The van der Waals surface area contributed by atoms with Crippen LogP contribution in [0.2, 0.25) is 0 Å². The Kier molecular flexibility index (Phi) is 2.21. The Morgan fingerprint density at radius 2 is 2.54 bits per heavy atom. The molecular weight excluding hydrogens is 166 g/mol. The Balaban J connectivity index is 2.32. The summed E-state index contributed by atoms with van der Waals surface area (Å²) in [6.07, 6.45) is 2.79. The number of hydrogen-bond donors (Lipinski definition) is 2. The van der Waals surface area contributed by atoms with Crippen LogP contribution in [-0.4, -0.2) is 25.2 Å². The van der Waals surface area contributed by atoms with E-state index in [1.165, 1.54) is 0 Å². The zero-order valence-electron chi connectivity index (χ0n) is 7.63. The highest BCUT2D eigenvalue weighted by Crippen LogP contribution is 2.26. The number of hydrogen-bond acceptors (Lipinski definition) is 4. The second-order valence-corrected chi connectivity index (χ2v) is 2.96. The summed E-state index contributed by atoms with van der Waals surface area (Å²) in [5.41, 5.74) is 1.97. The number of aromatic nitrogens is 1. The molecule has 0 amide bonds.